The summed E-state index contributed by atoms with van der Waals surface area (Å²) in [5.74, 6) is 1.09. The quantitative estimate of drug-likeness (QED) is 0.615. The summed E-state index contributed by atoms with van der Waals surface area (Å²) < 4.78 is 0. The van der Waals surface area contributed by atoms with E-state index < -0.39 is 0 Å². The largest absolute Gasteiger partial charge is 0.328 e. The highest BCUT2D eigenvalue weighted by Gasteiger charge is 2.32. The van der Waals surface area contributed by atoms with Crippen LogP contribution in [-0.4, -0.2) is 30.1 Å². The van der Waals surface area contributed by atoms with Gasteiger partial charge in [-0.05, 0) is 25.7 Å². The SMILES string of the molecule is CC1NCN(CC2CC2)C1=O. The summed E-state index contributed by atoms with van der Waals surface area (Å²) in [5, 5.41) is 3.13. The molecule has 3 nitrogen and oxygen atoms in total. The van der Waals surface area contributed by atoms with Gasteiger partial charge in [-0.2, -0.15) is 0 Å². The van der Waals surface area contributed by atoms with E-state index in [1.54, 1.807) is 0 Å². The molecule has 11 heavy (non-hydrogen) atoms. The van der Waals surface area contributed by atoms with Gasteiger partial charge in [0, 0.05) is 6.54 Å². The van der Waals surface area contributed by atoms with Crippen molar-refractivity contribution in [2.24, 2.45) is 5.92 Å². The third-order valence-electron chi connectivity index (χ3n) is 2.45. The first-order valence-electron chi connectivity index (χ1n) is 4.29. The normalized spacial score (nSPS) is 31.5. The molecule has 1 aliphatic carbocycles. The molecule has 0 aromatic rings. The van der Waals surface area contributed by atoms with Gasteiger partial charge in [-0.3, -0.25) is 10.1 Å². The van der Waals surface area contributed by atoms with Crippen molar-refractivity contribution in [1.29, 1.82) is 0 Å². The first-order valence-corrected chi connectivity index (χ1v) is 4.29. The van der Waals surface area contributed by atoms with Crippen LogP contribution in [0.25, 0.3) is 0 Å². The van der Waals surface area contributed by atoms with Crippen molar-refractivity contribution >= 4 is 5.91 Å². The fourth-order valence-electron chi connectivity index (χ4n) is 1.45. The van der Waals surface area contributed by atoms with Gasteiger partial charge < -0.3 is 4.90 Å². The lowest BCUT2D eigenvalue weighted by Crippen LogP contribution is -2.30. The van der Waals surface area contributed by atoms with Gasteiger partial charge in [-0.25, -0.2) is 0 Å². The maximum absolute atomic E-state index is 11.3. The number of rotatable bonds is 2. The molecule has 1 saturated heterocycles. The van der Waals surface area contributed by atoms with Crippen LogP contribution in [0, 0.1) is 5.92 Å². The van der Waals surface area contributed by atoms with Crippen LogP contribution in [0.3, 0.4) is 0 Å². The van der Waals surface area contributed by atoms with Gasteiger partial charge >= 0.3 is 0 Å². The number of hydrogen-bond donors (Lipinski definition) is 1. The summed E-state index contributed by atoms with van der Waals surface area (Å²) in [6.07, 6.45) is 2.64. The molecule has 1 heterocycles. The Balaban J connectivity index is 1.88. The minimum atomic E-state index is 0.0498. The Morgan fingerprint density at radius 2 is 2.36 bits per heavy atom. The van der Waals surface area contributed by atoms with E-state index in [1.807, 2.05) is 11.8 Å². The molecule has 1 unspecified atom stereocenters. The van der Waals surface area contributed by atoms with Crippen LogP contribution < -0.4 is 5.32 Å². The zero-order valence-electron chi connectivity index (χ0n) is 6.84. The van der Waals surface area contributed by atoms with E-state index in [0.717, 1.165) is 19.1 Å². The monoisotopic (exact) mass is 154 g/mol. The molecule has 2 aliphatic rings. The van der Waals surface area contributed by atoms with Crippen molar-refractivity contribution in [1.82, 2.24) is 10.2 Å². The summed E-state index contributed by atoms with van der Waals surface area (Å²) in [4.78, 5) is 13.3. The molecular weight excluding hydrogens is 140 g/mol. The van der Waals surface area contributed by atoms with Crippen LogP contribution >= 0.6 is 0 Å². The van der Waals surface area contributed by atoms with Crippen molar-refractivity contribution < 1.29 is 4.79 Å². The van der Waals surface area contributed by atoms with Gasteiger partial charge in [-0.15, -0.1) is 0 Å². The van der Waals surface area contributed by atoms with Crippen LogP contribution in [0.1, 0.15) is 19.8 Å². The number of hydrogen-bond acceptors (Lipinski definition) is 2. The Hall–Kier alpha value is -0.570. The van der Waals surface area contributed by atoms with Crippen molar-refractivity contribution in [2.45, 2.75) is 25.8 Å². The van der Waals surface area contributed by atoms with E-state index in [0.29, 0.717) is 0 Å². The van der Waals surface area contributed by atoms with Crippen molar-refractivity contribution in [3.63, 3.8) is 0 Å². The lowest BCUT2D eigenvalue weighted by molar-refractivity contribution is -0.128. The summed E-state index contributed by atoms with van der Waals surface area (Å²) >= 11 is 0. The van der Waals surface area contributed by atoms with E-state index in [1.165, 1.54) is 12.8 Å². The Kier molecular flexibility index (Phi) is 1.60. The minimum Gasteiger partial charge on any atom is -0.328 e. The summed E-state index contributed by atoms with van der Waals surface area (Å²) in [7, 11) is 0. The molecule has 0 bridgehead atoms. The number of amides is 1. The molecule has 1 amide bonds. The zero-order chi connectivity index (χ0) is 7.84. The van der Waals surface area contributed by atoms with Crippen LogP contribution in [0.5, 0.6) is 0 Å². The van der Waals surface area contributed by atoms with E-state index in [-0.39, 0.29) is 11.9 Å². The predicted molar refractivity (Wildman–Crippen MR) is 41.9 cm³/mol. The van der Waals surface area contributed by atoms with Crippen molar-refractivity contribution in [2.75, 3.05) is 13.2 Å². The molecule has 1 aliphatic heterocycles. The second kappa shape index (κ2) is 2.48. The van der Waals surface area contributed by atoms with Gasteiger partial charge in [-0.1, -0.05) is 0 Å². The second-order valence-electron chi connectivity index (χ2n) is 3.59. The third kappa shape index (κ3) is 1.38. The second-order valence-corrected chi connectivity index (χ2v) is 3.59. The molecule has 0 aromatic heterocycles. The Labute approximate surface area is 66.8 Å². The zero-order valence-corrected chi connectivity index (χ0v) is 6.84. The highest BCUT2D eigenvalue weighted by atomic mass is 16.2. The van der Waals surface area contributed by atoms with Gasteiger partial charge in [0.15, 0.2) is 0 Å². The topological polar surface area (TPSA) is 32.3 Å². The number of carbonyl (C=O) groups is 1. The Morgan fingerprint density at radius 1 is 1.64 bits per heavy atom. The first kappa shape index (κ1) is 7.10. The molecule has 1 atom stereocenters. The van der Waals surface area contributed by atoms with E-state index in [4.69, 9.17) is 0 Å². The predicted octanol–water partition coefficient (Wildman–Crippen LogP) is 0.174. The molecule has 0 radical (unpaired) electrons. The molecule has 3 heteroatoms. The molecular formula is C8H14N2O. The van der Waals surface area contributed by atoms with Gasteiger partial charge in [0.2, 0.25) is 5.91 Å². The number of carbonyl (C=O) groups excluding carboxylic acids is 1. The average molecular weight is 154 g/mol. The molecule has 1 N–H and O–H groups in total. The fourth-order valence-corrected chi connectivity index (χ4v) is 1.45. The molecule has 2 rings (SSSR count). The molecule has 1 saturated carbocycles. The molecule has 0 spiro atoms. The lowest BCUT2D eigenvalue weighted by Gasteiger charge is -2.13. The van der Waals surface area contributed by atoms with Crippen LogP contribution in [0.15, 0.2) is 0 Å². The average Bonchev–Trinajstić information content (AvgIpc) is 2.74. The van der Waals surface area contributed by atoms with Crippen LogP contribution in [-0.2, 0) is 4.79 Å². The highest BCUT2D eigenvalue weighted by molar-refractivity contribution is 5.83. The van der Waals surface area contributed by atoms with E-state index in [2.05, 4.69) is 5.32 Å². The Morgan fingerprint density at radius 3 is 2.82 bits per heavy atom. The maximum Gasteiger partial charge on any atom is 0.240 e. The van der Waals surface area contributed by atoms with Gasteiger partial charge in [0.05, 0.1) is 12.7 Å². The summed E-state index contributed by atoms with van der Waals surface area (Å²) in [6.45, 7) is 3.67. The molecule has 0 aromatic carbocycles. The third-order valence-corrected chi connectivity index (χ3v) is 2.45. The van der Waals surface area contributed by atoms with Crippen LogP contribution in [0.4, 0.5) is 0 Å². The lowest BCUT2D eigenvalue weighted by atomic mass is 10.3. The Bertz CT molecular complexity index is 177. The van der Waals surface area contributed by atoms with Crippen LogP contribution in [0.2, 0.25) is 0 Å². The van der Waals surface area contributed by atoms with Gasteiger partial charge in [0.25, 0.3) is 0 Å². The van der Waals surface area contributed by atoms with Crippen molar-refractivity contribution in [3.05, 3.63) is 0 Å². The fraction of sp³-hybridized carbons (Fsp3) is 0.875. The molecule has 2 fully saturated rings. The van der Waals surface area contributed by atoms with E-state index in [9.17, 15) is 4.79 Å². The van der Waals surface area contributed by atoms with Gasteiger partial charge in [0.1, 0.15) is 0 Å². The van der Waals surface area contributed by atoms with E-state index >= 15 is 0 Å². The van der Waals surface area contributed by atoms with Crippen molar-refractivity contribution in [3.8, 4) is 0 Å². The molecule has 62 valence electrons. The summed E-state index contributed by atoms with van der Waals surface area (Å²) in [5.41, 5.74) is 0. The summed E-state index contributed by atoms with van der Waals surface area (Å²) in [6, 6.07) is 0.0498. The number of nitrogens with zero attached hydrogens (tertiary/aromatic N) is 1. The number of nitrogens with one attached hydrogen (secondary N) is 1. The highest BCUT2D eigenvalue weighted by Crippen LogP contribution is 2.30. The smallest absolute Gasteiger partial charge is 0.240 e. The minimum absolute atomic E-state index is 0.0498. The standard InChI is InChI=1S/C8H14N2O/c1-6-8(11)10(5-9-6)4-7-2-3-7/h6-7,9H,2-5H2,1H3. The maximum atomic E-state index is 11.3. The first-order chi connectivity index (χ1) is 5.27.